The van der Waals surface area contributed by atoms with E-state index < -0.39 is 23.0 Å². The van der Waals surface area contributed by atoms with Crippen LogP contribution in [0.15, 0.2) is 30.3 Å². The Labute approximate surface area is 189 Å². The number of carbonyl (C=O) groups excluding carboxylic acids is 3. The average Bonchev–Trinajstić information content (AvgIpc) is 2.67. The quantitative estimate of drug-likeness (QED) is 0.513. The highest BCUT2D eigenvalue weighted by Crippen LogP contribution is 2.32. The average molecular weight is 459 g/mol. The summed E-state index contributed by atoms with van der Waals surface area (Å²) in [5, 5.41) is 5.06. The molecule has 1 heterocycles. The molecule has 3 amide bonds. The van der Waals surface area contributed by atoms with Crippen molar-refractivity contribution in [2.75, 3.05) is 5.32 Å². The summed E-state index contributed by atoms with van der Waals surface area (Å²) in [5.74, 6) is 2.24. The maximum absolute atomic E-state index is 14.4. The second-order valence-electron chi connectivity index (χ2n) is 8.58. The van der Waals surface area contributed by atoms with Crippen molar-refractivity contribution in [2.45, 2.75) is 39.5 Å². The first-order chi connectivity index (χ1) is 14.9. The minimum absolute atomic E-state index is 0.0187. The first-order valence-electron chi connectivity index (χ1n) is 9.88. The van der Waals surface area contributed by atoms with Gasteiger partial charge < -0.3 is 5.32 Å². The lowest BCUT2D eigenvalue weighted by molar-refractivity contribution is -0.133. The van der Waals surface area contributed by atoms with Gasteiger partial charge in [0.05, 0.1) is 11.3 Å². The van der Waals surface area contributed by atoms with Gasteiger partial charge >= 0.3 is 0 Å². The van der Waals surface area contributed by atoms with Gasteiger partial charge in [0.2, 0.25) is 17.7 Å². The van der Waals surface area contributed by atoms with Gasteiger partial charge in [0.1, 0.15) is 5.82 Å². The van der Waals surface area contributed by atoms with E-state index in [-0.39, 0.29) is 41.8 Å². The van der Waals surface area contributed by atoms with E-state index in [1.54, 1.807) is 39.0 Å². The molecule has 0 aliphatic carbocycles. The minimum atomic E-state index is -0.930. The number of imide groups is 1. The van der Waals surface area contributed by atoms with Crippen LogP contribution in [0.5, 0.6) is 0 Å². The van der Waals surface area contributed by atoms with Gasteiger partial charge in [-0.15, -0.1) is 0 Å². The van der Waals surface area contributed by atoms with Crippen LogP contribution in [-0.4, -0.2) is 17.7 Å². The fourth-order valence-corrected chi connectivity index (χ4v) is 3.51. The highest BCUT2D eigenvalue weighted by molar-refractivity contribution is 6.31. The molecule has 2 N–H and O–H groups in total. The molecule has 0 atom stereocenters. The van der Waals surface area contributed by atoms with E-state index in [9.17, 15) is 23.2 Å². The molecule has 1 saturated heterocycles. The van der Waals surface area contributed by atoms with Crippen LogP contribution in [0, 0.1) is 28.9 Å². The molecular weight excluding hydrogens is 438 g/mol. The number of rotatable bonds is 2. The van der Waals surface area contributed by atoms with Gasteiger partial charge in [-0.05, 0) is 23.8 Å². The highest BCUT2D eigenvalue weighted by Gasteiger charge is 2.27. The molecule has 0 unspecified atom stereocenters. The van der Waals surface area contributed by atoms with E-state index in [2.05, 4.69) is 22.5 Å². The Balaban J connectivity index is 1.91. The van der Waals surface area contributed by atoms with Crippen LogP contribution >= 0.6 is 11.6 Å². The third-order valence-corrected chi connectivity index (χ3v) is 5.23. The van der Waals surface area contributed by atoms with Crippen LogP contribution in [0.2, 0.25) is 5.02 Å². The number of benzene rings is 2. The summed E-state index contributed by atoms with van der Waals surface area (Å²) >= 11 is 6.35. The summed E-state index contributed by atoms with van der Waals surface area (Å²) in [5.41, 5.74) is 0.105. The molecule has 166 valence electrons. The van der Waals surface area contributed by atoms with Crippen molar-refractivity contribution >= 4 is 35.0 Å². The summed E-state index contributed by atoms with van der Waals surface area (Å²) in [4.78, 5) is 35.5. The lowest BCUT2D eigenvalue weighted by Gasteiger charge is -2.22. The van der Waals surface area contributed by atoms with Crippen molar-refractivity contribution in [3.05, 3.63) is 63.7 Å². The van der Waals surface area contributed by atoms with Gasteiger partial charge in [-0.1, -0.05) is 50.3 Å². The Morgan fingerprint density at radius 3 is 2.34 bits per heavy atom. The summed E-state index contributed by atoms with van der Waals surface area (Å²) in [6.07, 6.45) is 0.297. The highest BCUT2D eigenvalue weighted by atomic mass is 35.5. The van der Waals surface area contributed by atoms with Crippen LogP contribution in [0.3, 0.4) is 0 Å². The Kier molecular flexibility index (Phi) is 6.65. The van der Waals surface area contributed by atoms with E-state index in [1.807, 2.05) is 0 Å². The van der Waals surface area contributed by atoms with E-state index in [1.165, 1.54) is 0 Å². The largest absolute Gasteiger partial charge is 0.322 e. The Bertz CT molecular complexity index is 1160. The molecule has 32 heavy (non-hydrogen) atoms. The molecule has 8 heteroatoms. The maximum Gasteiger partial charge on any atom is 0.229 e. The third-order valence-electron chi connectivity index (χ3n) is 4.90. The summed E-state index contributed by atoms with van der Waals surface area (Å²) < 4.78 is 28.2. The standard InChI is InChI=1S/C24H21ClF2N2O3/c1-24(2,3)23(32)29-22-14(9-16(26)12-19(22)27)6-4-13-5-7-17(18(25)8-13)15-10-20(30)28-21(31)11-15/h5,7-9,12,15H,10-11H2,1-3H3,(H,29,32)(H,28,30,31). The Morgan fingerprint density at radius 2 is 1.75 bits per heavy atom. The first kappa shape index (κ1) is 23.4. The topological polar surface area (TPSA) is 75.3 Å². The number of hydrogen-bond donors (Lipinski definition) is 2. The molecule has 0 bridgehead atoms. The second kappa shape index (κ2) is 9.09. The zero-order valence-electron chi connectivity index (χ0n) is 17.7. The molecule has 5 nitrogen and oxygen atoms in total. The number of nitrogens with one attached hydrogen (secondary N) is 2. The van der Waals surface area contributed by atoms with Crippen LogP contribution in [0.1, 0.15) is 56.2 Å². The number of anilines is 1. The summed E-state index contributed by atoms with van der Waals surface area (Å²) in [6, 6.07) is 6.60. The molecule has 2 aromatic carbocycles. The van der Waals surface area contributed by atoms with Gasteiger partial charge in [-0.3, -0.25) is 19.7 Å². The third kappa shape index (κ3) is 5.51. The molecule has 0 spiro atoms. The lowest BCUT2D eigenvalue weighted by atomic mass is 9.89. The number of carbonyl (C=O) groups is 3. The monoisotopic (exact) mass is 458 g/mol. The number of halogens is 3. The van der Waals surface area contributed by atoms with Gasteiger partial charge in [0.25, 0.3) is 0 Å². The molecule has 0 aromatic heterocycles. The zero-order valence-corrected chi connectivity index (χ0v) is 18.5. The van der Waals surface area contributed by atoms with Crippen molar-refractivity contribution in [2.24, 2.45) is 5.41 Å². The van der Waals surface area contributed by atoms with Crippen molar-refractivity contribution in [3.63, 3.8) is 0 Å². The minimum Gasteiger partial charge on any atom is -0.322 e. The van der Waals surface area contributed by atoms with Crippen LogP contribution < -0.4 is 10.6 Å². The maximum atomic E-state index is 14.4. The molecule has 0 radical (unpaired) electrons. The van der Waals surface area contributed by atoms with Crippen molar-refractivity contribution < 1.29 is 23.2 Å². The first-order valence-corrected chi connectivity index (χ1v) is 10.3. The van der Waals surface area contributed by atoms with E-state index in [4.69, 9.17) is 11.6 Å². The number of hydrogen-bond acceptors (Lipinski definition) is 3. The molecule has 1 aliphatic heterocycles. The van der Waals surface area contributed by atoms with Gasteiger partial charge in [-0.2, -0.15) is 0 Å². The normalized spacial score (nSPS) is 14.4. The predicted molar refractivity (Wildman–Crippen MR) is 117 cm³/mol. The lowest BCUT2D eigenvalue weighted by Crippen LogP contribution is -2.37. The summed E-state index contributed by atoms with van der Waals surface area (Å²) in [7, 11) is 0. The fraction of sp³-hybridized carbons (Fsp3) is 0.292. The second-order valence-corrected chi connectivity index (χ2v) is 8.98. The molecule has 3 rings (SSSR count). The molecule has 2 aromatic rings. The molecule has 1 fully saturated rings. The van der Waals surface area contributed by atoms with Gasteiger partial charge in [-0.25, -0.2) is 8.78 Å². The van der Waals surface area contributed by atoms with E-state index in [0.717, 1.165) is 6.07 Å². The molecule has 1 aliphatic rings. The zero-order chi connectivity index (χ0) is 23.6. The van der Waals surface area contributed by atoms with E-state index in [0.29, 0.717) is 22.2 Å². The Hall–Kier alpha value is -3.24. The van der Waals surface area contributed by atoms with Crippen molar-refractivity contribution in [3.8, 4) is 11.8 Å². The van der Waals surface area contributed by atoms with Crippen LogP contribution in [0.25, 0.3) is 0 Å². The SMILES string of the molecule is CC(C)(C)C(=O)Nc1c(F)cc(F)cc1C#Cc1ccc(C2CC(=O)NC(=O)C2)c(Cl)c1. The number of amides is 3. The van der Waals surface area contributed by atoms with Crippen molar-refractivity contribution in [1.82, 2.24) is 5.32 Å². The van der Waals surface area contributed by atoms with Crippen LogP contribution in [-0.2, 0) is 14.4 Å². The fourth-order valence-electron chi connectivity index (χ4n) is 3.17. The Morgan fingerprint density at radius 1 is 1.09 bits per heavy atom. The predicted octanol–water partition coefficient (Wildman–Crippen LogP) is 4.52. The van der Waals surface area contributed by atoms with E-state index >= 15 is 0 Å². The smallest absolute Gasteiger partial charge is 0.229 e. The van der Waals surface area contributed by atoms with Gasteiger partial charge in [0, 0.05) is 40.8 Å². The van der Waals surface area contributed by atoms with Crippen molar-refractivity contribution in [1.29, 1.82) is 0 Å². The summed E-state index contributed by atoms with van der Waals surface area (Å²) in [6.45, 7) is 5.01. The number of piperidine rings is 1. The molecule has 0 saturated carbocycles. The van der Waals surface area contributed by atoms with Gasteiger partial charge in [0.15, 0.2) is 5.82 Å². The molecular formula is C24H21ClF2N2O3. The van der Waals surface area contributed by atoms with Crippen LogP contribution in [0.4, 0.5) is 14.5 Å².